The molecule has 0 aromatic rings. The van der Waals surface area contributed by atoms with Crippen LogP contribution in [0.5, 0.6) is 0 Å². The van der Waals surface area contributed by atoms with Crippen LogP contribution in [0.2, 0.25) is 0 Å². The smallest absolute Gasteiger partial charge is 0.462 e. The van der Waals surface area contributed by atoms with Gasteiger partial charge in [0.15, 0.2) is 6.10 Å². The van der Waals surface area contributed by atoms with Crippen LogP contribution in [-0.2, 0) is 32.7 Å². The lowest BCUT2D eigenvalue weighted by Crippen LogP contribution is -2.37. The van der Waals surface area contributed by atoms with Crippen LogP contribution in [-0.4, -0.2) is 74.9 Å². The molecular formula is C34H69NO8P+. The summed E-state index contributed by atoms with van der Waals surface area (Å²) in [4.78, 5) is 33.9. The molecule has 0 aromatic carbocycles. The second-order valence-electron chi connectivity index (χ2n) is 13.2. The van der Waals surface area contributed by atoms with Gasteiger partial charge in [0.05, 0.1) is 27.7 Å². The SMILES string of the molecule is CCCCCCCCCCCCCCCCCCCCCCC(=O)OC(COC(=O)CC)COP(=O)(O)OCC[N+](C)(C)C. The first-order valence-electron chi connectivity index (χ1n) is 17.8. The van der Waals surface area contributed by atoms with Gasteiger partial charge in [-0.1, -0.05) is 136 Å². The molecule has 0 aliphatic heterocycles. The number of esters is 2. The van der Waals surface area contributed by atoms with Crippen molar-refractivity contribution in [2.45, 2.75) is 161 Å². The number of hydrogen-bond donors (Lipinski definition) is 1. The summed E-state index contributed by atoms with van der Waals surface area (Å²) in [6, 6.07) is 0. The molecule has 0 heterocycles. The third kappa shape index (κ3) is 31.0. The average Bonchev–Trinajstić information content (AvgIpc) is 2.96. The molecule has 0 saturated carbocycles. The quantitative estimate of drug-likeness (QED) is 0.0333. The van der Waals surface area contributed by atoms with Gasteiger partial charge in [-0.05, 0) is 6.42 Å². The van der Waals surface area contributed by atoms with Crippen LogP contribution in [0.1, 0.15) is 155 Å². The Morgan fingerprint density at radius 1 is 0.636 bits per heavy atom. The van der Waals surface area contributed by atoms with Crippen LogP contribution in [0, 0.1) is 0 Å². The summed E-state index contributed by atoms with van der Waals surface area (Å²) in [6.07, 6.45) is 25.3. The highest BCUT2D eigenvalue weighted by Gasteiger charge is 2.26. The Morgan fingerprint density at radius 2 is 1.07 bits per heavy atom. The Bertz CT molecular complexity index is 743. The summed E-state index contributed by atoms with van der Waals surface area (Å²) in [5.41, 5.74) is 0. The molecule has 1 N–H and O–H groups in total. The maximum atomic E-state index is 12.4. The summed E-state index contributed by atoms with van der Waals surface area (Å²) in [7, 11) is 1.48. The van der Waals surface area contributed by atoms with Crippen LogP contribution < -0.4 is 0 Å². The largest absolute Gasteiger partial charge is 0.472 e. The van der Waals surface area contributed by atoms with E-state index in [4.69, 9.17) is 18.5 Å². The zero-order valence-electron chi connectivity index (χ0n) is 29.2. The lowest BCUT2D eigenvalue weighted by molar-refractivity contribution is -0.870. The summed E-state index contributed by atoms with van der Waals surface area (Å²) in [5.74, 6) is -0.890. The lowest BCUT2D eigenvalue weighted by Gasteiger charge is -2.24. The van der Waals surface area contributed by atoms with E-state index in [1.54, 1.807) is 6.92 Å². The van der Waals surface area contributed by atoms with Gasteiger partial charge in [-0.3, -0.25) is 18.6 Å². The van der Waals surface area contributed by atoms with Gasteiger partial charge in [-0.15, -0.1) is 0 Å². The van der Waals surface area contributed by atoms with E-state index in [-0.39, 0.29) is 26.1 Å². The van der Waals surface area contributed by atoms with Crippen molar-refractivity contribution in [3.05, 3.63) is 0 Å². The first-order chi connectivity index (χ1) is 21.0. The van der Waals surface area contributed by atoms with Crippen molar-refractivity contribution in [2.24, 2.45) is 0 Å². The predicted octanol–water partition coefficient (Wildman–Crippen LogP) is 8.90. The fourth-order valence-electron chi connectivity index (χ4n) is 4.82. The molecule has 0 aliphatic carbocycles. The zero-order valence-corrected chi connectivity index (χ0v) is 30.1. The van der Waals surface area contributed by atoms with E-state index in [0.29, 0.717) is 17.4 Å². The number of carbonyl (C=O) groups is 2. The predicted molar refractivity (Wildman–Crippen MR) is 178 cm³/mol. The minimum absolute atomic E-state index is 0.0337. The topological polar surface area (TPSA) is 108 Å². The third-order valence-electron chi connectivity index (χ3n) is 7.69. The molecule has 0 rings (SSSR count). The fraction of sp³-hybridized carbons (Fsp3) is 0.941. The number of phosphoric acid groups is 1. The highest BCUT2D eigenvalue weighted by molar-refractivity contribution is 7.47. The number of quaternary nitrogens is 1. The van der Waals surface area contributed by atoms with Crippen molar-refractivity contribution in [1.29, 1.82) is 0 Å². The molecule has 0 aliphatic rings. The number of rotatable bonds is 32. The van der Waals surface area contributed by atoms with E-state index in [0.717, 1.165) is 12.8 Å². The van der Waals surface area contributed by atoms with Crippen LogP contribution in [0.3, 0.4) is 0 Å². The summed E-state index contributed by atoms with van der Waals surface area (Å²) < 4.78 is 33.3. The van der Waals surface area contributed by atoms with Gasteiger partial charge in [0.2, 0.25) is 0 Å². The molecule has 262 valence electrons. The monoisotopic (exact) mass is 650 g/mol. The van der Waals surface area contributed by atoms with Crippen LogP contribution in [0.15, 0.2) is 0 Å². The standard InChI is InChI=1S/C34H68NO8P/c1-6-8-9-10-11-12-13-14-15-16-17-18-19-20-21-22-23-24-25-26-27-34(37)43-32(30-40-33(36)7-2)31-42-44(38,39)41-29-28-35(3,4)5/h32H,6-31H2,1-5H3/p+1. The Hall–Kier alpha value is -0.990. The Kier molecular flexibility index (Phi) is 27.6. The van der Waals surface area contributed by atoms with Crippen LogP contribution in [0.25, 0.3) is 0 Å². The first kappa shape index (κ1) is 43.0. The molecule has 9 nitrogen and oxygen atoms in total. The Morgan fingerprint density at radius 3 is 1.48 bits per heavy atom. The molecule has 2 unspecified atom stereocenters. The third-order valence-corrected chi connectivity index (χ3v) is 8.68. The number of likely N-dealkylation sites (N-methyl/N-ethyl adjacent to an activating group) is 1. The van der Waals surface area contributed by atoms with Gasteiger partial charge in [0.1, 0.15) is 19.8 Å². The molecule has 0 saturated heterocycles. The normalized spacial score (nSPS) is 13.9. The molecule has 0 radical (unpaired) electrons. The van der Waals surface area contributed by atoms with Crippen molar-refractivity contribution < 1.29 is 42.1 Å². The van der Waals surface area contributed by atoms with Crippen LogP contribution >= 0.6 is 7.82 Å². The summed E-state index contributed by atoms with van der Waals surface area (Å²) in [5, 5.41) is 0. The number of hydrogen-bond acceptors (Lipinski definition) is 7. The van der Waals surface area contributed by atoms with Crippen molar-refractivity contribution >= 4 is 19.8 Å². The molecular weight excluding hydrogens is 581 g/mol. The molecule has 0 fully saturated rings. The van der Waals surface area contributed by atoms with E-state index in [2.05, 4.69) is 6.92 Å². The highest BCUT2D eigenvalue weighted by Crippen LogP contribution is 2.43. The Balaban J connectivity index is 3.89. The molecule has 0 amide bonds. The number of carbonyl (C=O) groups excluding carboxylic acids is 2. The van der Waals surface area contributed by atoms with E-state index >= 15 is 0 Å². The Labute approximate surface area is 270 Å². The molecule has 44 heavy (non-hydrogen) atoms. The number of nitrogens with zero attached hydrogens (tertiary/aromatic N) is 1. The van der Waals surface area contributed by atoms with E-state index in [1.165, 1.54) is 109 Å². The lowest BCUT2D eigenvalue weighted by atomic mass is 10.0. The first-order valence-corrected chi connectivity index (χ1v) is 19.3. The van der Waals surface area contributed by atoms with E-state index in [9.17, 15) is 19.0 Å². The van der Waals surface area contributed by atoms with Gasteiger partial charge in [-0.25, -0.2) is 4.57 Å². The van der Waals surface area contributed by atoms with Crippen molar-refractivity contribution in [1.82, 2.24) is 0 Å². The van der Waals surface area contributed by atoms with Gasteiger partial charge in [0, 0.05) is 12.8 Å². The highest BCUT2D eigenvalue weighted by atomic mass is 31.2. The van der Waals surface area contributed by atoms with Crippen molar-refractivity contribution in [3.8, 4) is 0 Å². The zero-order chi connectivity index (χ0) is 32.9. The molecule has 0 spiro atoms. The average molecular weight is 651 g/mol. The van der Waals surface area contributed by atoms with Crippen LogP contribution in [0.4, 0.5) is 0 Å². The number of unbranched alkanes of at least 4 members (excludes halogenated alkanes) is 19. The summed E-state index contributed by atoms with van der Waals surface area (Å²) in [6.45, 7) is 3.84. The molecule has 10 heteroatoms. The second kappa shape index (κ2) is 28.3. The fourth-order valence-corrected chi connectivity index (χ4v) is 5.56. The van der Waals surface area contributed by atoms with E-state index in [1.807, 2.05) is 21.1 Å². The minimum atomic E-state index is -4.33. The number of ether oxygens (including phenoxy) is 2. The van der Waals surface area contributed by atoms with Crippen molar-refractivity contribution in [2.75, 3.05) is 47.5 Å². The molecule has 0 bridgehead atoms. The number of phosphoric ester groups is 1. The van der Waals surface area contributed by atoms with Gasteiger partial charge >= 0.3 is 19.8 Å². The van der Waals surface area contributed by atoms with E-state index < -0.39 is 32.5 Å². The minimum Gasteiger partial charge on any atom is -0.462 e. The molecule has 2 atom stereocenters. The van der Waals surface area contributed by atoms with Gasteiger partial charge in [0.25, 0.3) is 0 Å². The summed E-state index contributed by atoms with van der Waals surface area (Å²) >= 11 is 0. The second-order valence-corrected chi connectivity index (χ2v) is 14.7. The maximum absolute atomic E-state index is 12.4. The van der Waals surface area contributed by atoms with Gasteiger partial charge < -0.3 is 18.9 Å². The van der Waals surface area contributed by atoms with Crippen molar-refractivity contribution in [3.63, 3.8) is 0 Å². The maximum Gasteiger partial charge on any atom is 0.472 e. The van der Waals surface area contributed by atoms with Gasteiger partial charge in [-0.2, -0.15) is 0 Å². The molecule has 0 aromatic heterocycles.